The Bertz CT molecular complexity index is 430. The van der Waals surface area contributed by atoms with E-state index in [1.54, 1.807) is 0 Å². The molecule has 0 atom stereocenters. The van der Waals surface area contributed by atoms with Crippen molar-refractivity contribution in [1.82, 2.24) is 0 Å². The Hall–Kier alpha value is -1.77. The van der Waals surface area contributed by atoms with Crippen LogP contribution >= 0.6 is 0 Å². The van der Waals surface area contributed by atoms with E-state index in [4.69, 9.17) is 6.42 Å². The van der Waals surface area contributed by atoms with Crippen LogP contribution in [0.1, 0.15) is 11.1 Å². The highest BCUT2D eigenvalue weighted by Crippen LogP contribution is 2.34. The standard InChI is InChI=1S/C11H7F5O/c1-2-7-3-4-8(17-6-10(12)13)5-9(7)11(14,15)16/h1,3-5,10H,6H2. The highest BCUT2D eigenvalue weighted by Gasteiger charge is 2.33. The first-order valence-electron chi connectivity index (χ1n) is 4.43. The van der Waals surface area contributed by atoms with Crippen LogP contribution in [0.3, 0.4) is 0 Å². The van der Waals surface area contributed by atoms with Crippen LogP contribution in [0, 0.1) is 12.3 Å². The molecule has 1 aromatic carbocycles. The molecule has 0 aliphatic carbocycles. The molecule has 1 nitrogen and oxygen atoms in total. The molecule has 0 heterocycles. The number of terminal acetylenes is 1. The van der Waals surface area contributed by atoms with Gasteiger partial charge in [-0.05, 0) is 18.2 Å². The molecule has 0 bridgehead atoms. The minimum Gasteiger partial charge on any atom is -0.488 e. The molecule has 17 heavy (non-hydrogen) atoms. The molecule has 0 aliphatic rings. The van der Waals surface area contributed by atoms with E-state index in [-0.39, 0.29) is 11.3 Å². The van der Waals surface area contributed by atoms with Gasteiger partial charge in [-0.15, -0.1) is 6.42 Å². The van der Waals surface area contributed by atoms with Gasteiger partial charge in [0.2, 0.25) is 0 Å². The molecular weight excluding hydrogens is 243 g/mol. The fraction of sp³-hybridized carbons (Fsp3) is 0.273. The van der Waals surface area contributed by atoms with Crippen LogP contribution in [-0.2, 0) is 6.18 Å². The summed E-state index contributed by atoms with van der Waals surface area (Å²) in [4.78, 5) is 0. The van der Waals surface area contributed by atoms with Crippen LogP contribution in [0.5, 0.6) is 5.75 Å². The van der Waals surface area contributed by atoms with Crippen molar-refractivity contribution in [2.45, 2.75) is 12.6 Å². The molecule has 0 aliphatic heterocycles. The molecule has 0 saturated heterocycles. The molecule has 1 aromatic rings. The monoisotopic (exact) mass is 250 g/mol. The molecule has 6 heteroatoms. The number of benzene rings is 1. The van der Waals surface area contributed by atoms with Crippen molar-refractivity contribution < 1.29 is 26.7 Å². The maximum absolute atomic E-state index is 12.5. The van der Waals surface area contributed by atoms with E-state index in [0.717, 1.165) is 12.1 Å². The second kappa shape index (κ2) is 5.04. The molecular formula is C11H7F5O. The topological polar surface area (TPSA) is 9.23 Å². The van der Waals surface area contributed by atoms with Crippen molar-refractivity contribution in [3.8, 4) is 18.1 Å². The normalized spacial score (nSPS) is 11.4. The molecule has 92 valence electrons. The zero-order valence-electron chi connectivity index (χ0n) is 8.39. The maximum Gasteiger partial charge on any atom is 0.417 e. The van der Waals surface area contributed by atoms with Gasteiger partial charge in [0.15, 0.2) is 0 Å². The Morgan fingerprint density at radius 3 is 2.41 bits per heavy atom. The van der Waals surface area contributed by atoms with Crippen molar-refractivity contribution >= 4 is 0 Å². The number of rotatable bonds is 3. The van der Waals surface area contributed by atoms with Crippen LogP contribution in [0.25, 0.3) is 0 Å². The molecule has 0 spiro atoms. The second-order valence-electron chi connectivity index (χ2n) is 3.05. The lowest BCUT2D eigenvalue weighted by atomic mass is 10.1. The number of halogens is 5. The van der Waals surface area contributed by atoms with Crippen LogP contribution in [-0.4, -0.2) is 13.0 Å². The first-order valence-corrected chi connectivity index (χ1v) is 4.43. The smallest absolute Gasteiger partial charge is 0.417 e. The van der Waals surface area contributed by atoms with E-state index in [2.05, 4.69) is 4.74 Å². The van der Waals surface area contributed by atoms with Crippen LogP contribution in [0.4, 0.5) is 22.0 Å². The summed E-state index contributed by atoms with van der Waals surface area (Å²) in [6.07, 6.45) is -2.49. The third-order valence-electron chi connectivity index (χ3n) is 1.83. The van der Waals surface area contributed by atoms with Gasteiger partial charge in [-0.2, -0.15) is 13.2 Å². The average Bonchev–Trinajstić information content (AvgIpc) is 2.24. The molecule has 0 aromatic heterocycles. The summed E-state index contributed by atoms with van der Waals surface area (Å²) in [6.45, 7) is -0.966. The van der Waals surface area contributed by atoms with E-state index in [0.29, 0.717) is 6.07 Å². The lowest BCUT2D eigenvalue weighted by Crippen LogP contribution is -2.10. The van der Waals surface area contributed by atoms with Crippen molar-refractivity contribution in [3.63, 3.8) is 0 Å². The van der Waals surface area contributed by atoms with Crippen molar-refractivity contribution in [2.75, 3.05) is 6.61 Å². The Kier molecular flexibility index (Phi) is 3.94. The summed E-state index contributed by atoms with van der Waals surface area (Å²) in [6, 6.07) is 2.73. The zero-order chi connectivity index (χ0) is 13.1. The van der Waals surface area contributed by atoms with Gasteiger partial charge in [0, 0.05) is 5.56 Å². The Morgan fingerprint density at radius 1 is 1.29 bits per heavy atom. The van der Waals surface area contributed by atoms with Gasteiger partial charge < -0.3 is 4.74 Å². The van der Waals surface area contributed by atoms with E-state index in [9.17, 15) is 22.0 Å². The quantitative estimate of drug-likeness (QED) is 0.590. The minimum atomic E-state index is -4.65. The van der Waals surface area contributed by atoms with Gasteiger partial charge in [-0.1, -0.05) is 5.92 Å². The van der Waals surface area contributed by atoms with Crippen LogP contribution < -0.4 is 4.74 Å². The summed E-state index contributed by atoms with van der Waals surface area (Å²) in [5, 5.41) is 0. The molecule has 0 unspecified atom stereocenters. The second-order valence-corrected chi connectivity index (χ2v) is 3.05. The van der Waals surface area contributed by atoms with Gasteiger partial charge in [0.05, 0.1) is 5.56 Å². The lowest BCUT2D eigenvalue weighted by Gasteiger charge is -2.12. The predicted molar refractivity (Wildman–Crippen MR) is 50.9 cm³/mol. The van der Waals surface area contributed by atoms with Crippen molar-refractivity contribution in [3.05, 3.63) is 29.3 Å². The summed E-state index contributed by atoms with van der Waals surface area (Å²) >= 11 is 0. The largest absolute Gasteiger partial charge is 0.488 e. The summed E-state index contributed by atoms with van der Waals surface area (Å²) in [5.41, 5.74) is -1.44. The molecule has 0 saturated carbocycles. The SMILES string of the molecule is C#Cc1ccc(OCC(F)F)cc1C(F)(F)F. The molecule has 0 amide bonds. The van der Waals surface area contributed by atoms with E-state index >= 15 is 0 Å². The number of alkyl halides is 5. The first-order chi connectivity index (χ1) is 7.84. The number of ether oxygens (including phenoxy) is 1. The maximum atomic E-state index is 12.5. The fourth-order valence-corrected chi connectivity index (χ4v) is 1.13. The average molecular weight is 250 g/mol. The highest BCUT2D eigenvalue weighted by molar-refractivity contribution is 5.45. The molecule has 1 rings (SSSR count). The molecule has 0 N–H and O–H groups in total. The van der Waals surface area contributed by atoms with Crippen LogP contribution in [0.2, 0.25) is 0 Å². The highest BCUT2D eigenvalue weighted by atomic mass is 19.4. The Balaban J connectivity index is 3.02. The molecule has 0 fully saturated rings. The summed E-state index contributed by atoms with van der Waals surface area (Å²) < 4.78 is 65.7. The summed E-state index contributed by atoms with van der Waals surface area (Å²) in [7, 11) is 0. The summed E-state index contributed by atoms with van der Waals surface area (Å²) in [5.74, 6) is 1.58. The third-order valence-corrected chi connectivity index (χ3v) is 1.83. The predicted octanol–water partition coefficient (Wildman–Crippen LogP) is 3.33. The van der Waals surface area contributed by atoms with E-state index in [1.807, 2.05) is 5.92 Å². The van der Waals surface area contributed by atoms with Gasteiger partial charge in [-0.25, -0.2) is 8.78 Å². The van der Waals surface area contributed by atoms with Crippen molar-refractivity contribution in [1.29, 1.82) is 0 Å². The van der Waals surface area contributed by atoms with Gasteiger partial charge >= 0.3 is 6.18 Å². The number of hydrogen-bond acceptors (Lipinski definition) is 1. The van der Waals surface area contributed by atoms with Gasteiger partial charge in [0.1, 0.15) is 12.4 Å². The first kappa shape index (κ1) is 13.3. The minimum absolute atomic E-state index is 0.295. The third kappa shape index (κ3) is 3.63. The van der Waals surface area contributed by atoms with Crippen LogP contribution in [0.15, 0.2) is 18.2 Å². The van der Waals surface area contributed by atoms with E-state index < -0.39 is 24.8 Å². The van der Waals surface area contributed by atoms with Crippen molar-refractivity contribution in [2.24, 2.45) is 0 Å². The Morgan fingerprint density at radius 2 is 1.94 bits per heavy atom. The zero-order valence-corrected chi connectivity index (χ0v) is 8.39. The Labute approximate surface area is 94.2 Å². The van der Waals surface area contributed by atoms with E-state index in [1.165, 1.54) is 0 Å². The van der Waals surface area contributed by atoms with Gasteiger partial charge in [-0.3, -0.25) is 0 Å². The number of hydrogen-bond donors (Lipinski definition) is 0. The fourth-order valence-electron chi connectivity index (χ4n) is 1.13. The van der Waals surface area contributed by atoms with Gasteiger partial charge in [0.25, 0.3) is 6.43 Å². The lowest BCUT2D eigenvalue weighted by molar-refractivity contribution is -0.137. The molecule has 0 radical (unpaired) electrons.